The number of hydrogen-bond acceptors (Lipinski definition) is 2. The van der Waals surface area contributed by atoms with E-state index in [0.717, 1.165) is 6.54 Å². The molecule has 0 amide bonds. The molecule has 2 heteroatoms. The molecule has 0 aliphatic rings. The molecule has 0 aliphatic carbocycles. The molecule has 0 saturated carbocycles. The van der Waals surface area contributed by atoms with E-state index < -0.39 is 0 Å². The van der Waals surface area contributed by atoms with Crippen LogP contribution in [0.15, 0.2) is 9.98 Å². The van der Waals surface area contributed by atoms with E-state index in [0.29, 0.717) is 17.9 Å². The minimum Gasteiger partial charge on any atom is -0.297 e. The zero-order valence-corrected chi connectivity index (χ0v) is 11.6. The number of nitrogens with zero attached hydrogens (tertiary/aromatic N) is 2. The highest BCUT2D eigenvalue weighted by Crippen LogP contribution is 2.04. The van der Waals surface area contributed by atoms with Crippen molar-refractivity contribution in [2.24, 2.45) is 21.8 Å². The van der Waals surface area contributed by atoms with Gasteiger partial charge in [-0.15, -0.1) is 0 Å². The number of hydrogen-bond donors (Lipinski definition) is 0. The van der Waals surface area contributed by atoms with Gasteiger partial charge in [-0.2, -0.15) is 0 Å². The van der Waals surface area contributed by atoms with Gasteiger partial charge < -0.3 is 0 Å². The van der Waals surface area contributed by atoms with Gasteiger partial charge in [0.15, 0.2) is 0 Å². The van der Waals surface area contributed by atoms with Crippen LogP contribution in [-0.4, -0.2) is 25.0 Å². The quantitative estimate of drug-likeness (QED) is 0.440. The van der Waals surface area contributed by atoms with E-state index in [1.807, 2.05) is 6.21 Å². The van der Waals surface area contributed by atoms with Crippen LogP contribution in [0.4, 0.5) is 0 Å². The number of unbranched alkanes of at least 4 members (excludes halogenated alkanes) is 1. The van der Waals surface area contributed by atoms with E-state index in [1.54, 1.807) is 0 Å². The maximum absolute atomic E-state index is 4.51. The summed E-state index contributed by atoms with van der Waals surface area (Å²) in [5.74, 6) is 1.15. The lowest BCUT2D eigenvalue weighted by Crippen LogP contribution is -2.01. The first-order valence-electron chi connectivity index (χ1n) is 6.55. The maximum atomic E-state index is 4.51. The third-order valence-corrected chi connectivity index (χ3v) is 2.20. The molecule has 0 bridgehead atoms. The van der Waals surface area contributed by atoms with Crippen molar-refractivity contribution >= 4 is 12.4 Å². The van der Waals surface area contributed by atoms with E-state index in [4.69, 9.17) is 0 Å². The first kappa shape index (κ1) is 15.3. The summed E-state index contributed by atoms with van der Waals surface area (Å²) in [5, 5.41) is 0. The Labute approximate surface area is 101 Å². The van der Waals surface area contributed by atoms with Crippen LogP contribution in [0.5, 0.6) is 0 Å². The molecule has 0 N–H and O–H groups in total. The molecule has 0 aliphatic heterocycles. The molecule has 0 rings (SSSR count). The standard InChI is InChI=1S/C14H28N2/c1-12(2)10-15-9-7-6-8-14(5)16-11-13(3)4/h10-14H,6-9H2,1-5H3. The average Bonchev–Trinajstić information content (AvgIpc) is 2.19. The smallest absolute Gasteiger partial charge is 0.0467 e. The molecule has 0 fully saturated rings. The van der Waals surface area contributed by atoms with Crippen molar-refractivity contribution in [2.75, 3.05) is 6.54 Å². The van der Waals surface area contributed by atoms with E-state index in [9.17, 15) is 0 Å². The fourth-order valence-electron chi connectivity index (χ4n) is 1.32. The molecule has 94 valence electrons. The van der Waals surface area contributed by atoms with Crippen LogP contribution >= 0.6 is 0 Å². The minimum atomic E-state index is 0.469. The summed E-state index contributed by atoms with van der Waals surface area (Å²) in [5.41, 5.74) is 0. The Morgan fingerprint density at radius 2 is 1.50 bits per heavy atom. The molecule has 0 spiro atoms. The second kappa shape index (κ2) is 9.56. The number of aliphatic imine (C=N–C) groups is 2. The van der Waals surface area contributed by atoms with Gasteiger partial charge in [-0.1, -0.05) is 27.7 Å². The van der Waals surface area contributed by atoms with Gasteiger partial charge in [0.1, 0.15) is 0 Å². The van der Waals surface area contributed by atoms with Crippen LogP contribution in [0.3, 0.4) is 0 Å². The van der Waals surface area contributed by atoms with Crippen molar-refractivity contribution in [1.29, 1.82) is 0 Å². The Bertz CT molecular complexity index is 205. The summed E-state index contributed by atoms with van der Waals surface area (Å²) < 4.78 is 0. The Morgan fingerprint density at radius 1 is 0.875 bits per heavy atom. The van der Waals surface area contributed by atoms with Crippen molar-refractivity contribution in [3.8, 4) is 0 Å². The van der Waals surface area contributed by atoms with Gasteiger partial charge >= 0.3 is 0 Å². The van der Waals surface area contributed by atoms with E-state index in [1.165, 1.54) is 19.3 Å². The molecule has 2 nitrogen and oxygen atoms in total. The van der Waals surface area contributed by atoms with Gasteiger partial charge in [-0.3, -0.25) is 9.98 Å². The maximum Gasteiger partial charge on any atom is 0.0467 e. The number of rotatable bonds is 8. The topological polar surface area (TPSA) is 24.7 Å². The van der Waals surface area contributed by atoms with E-state index in [-0.39, 0.29) is 0 Å². The average molecular weight is 224 g/mol. The van der Waals surface area contributed by atoms with E-state index >= 15 is 0 Å². The fraction of sp³-hybridized carbons (Fsp3) is 0.857. The van der Waals surface area contributed by atoms with Gasteiger partial charge in [0.25, 0.3) is 0 Å². The largest absolute Gasteiger partial charge is 0.297 e. The molecule has 0 aromatic heterocycles. The second-order valence-corrected chi connectivity index (χ2v) is 5.19. The lowest BCUT2D eigenvalue weighted by atomic mass is 10.1. The Balaban J connectivity index is 3.44. The third kappa shape index (κ3) is 11.4. The highest BCUT2D eigenvalue weighted by atomic mass is 14.8. The predicted octanol–water partition coefficient (Wildman–Crippen LogP) is 4.00. The van der Waals surface area contributed by atoms with E-state index in [2.05, 4.69) is 50.8 Å². The van der Waals surface area contributed by atoms with Crippen LogP contribution in [0.1, 0.15) is 53.9 Å². The first-order valence-corrected chi connectivity index (χ1v) is 6.55. The monoisotopic (exact) mass is 224 g/mol. The molecule has 0 aromatic rings. The molecular formula is C14H28N2. The zero-order valence-electron chi connectivity index (χ0n) is 11.6. The molecular weight excluding hydrogens is 196 g/mol. The van der Waals surface area contributed by atoms with Gasteiger partial charge in [0.2, 0.25) is 0 Å². The normalized spacial score (nSPS) is 14.7. The van der Waals surface area contributed by atoms with Crippen molar-refractivity contribution in [3.63, 3.8) is 0 Å². The Morgan fingerprint density at radius 3 is 2.06 bits per heavy atom. The van der Waals surface area contributed by atoms with Crippen molar-refractivity contribution in [2.45, 2.75) is 59.9 Å². The molecule has 1 atom stereocenters. The van der Waals surface area contributed by atoms with Gasteiger partial charge in [0, 0.05) is 25.0 Å². The van der Waals surface area contributed by atoms with Gasteiger partial charge in [-0.25, -0.2) is 0 Å². The van der Waals surface area contributed by atoms with Crippen LogP contribution in [0.2, 0.25) is 0 Å². The molecule has 1 unspecified atom stereocenters. The summed E-state index contributed by atoms with van der Waals surface area (Å²) in [6, 6.07) is 0.469. The first-order chi connectivity index (χ1) is 7.52. The Hall–Kier alpha value is -0.660. The molecule has 16 heavy (non-hydrogen) atoms. The van der Waals surface area contributed by atoms with Crippen LogP contribution in [-0.2, 0) is 0 Å². The Kier molecular flexibility index (Phi) is 9.16. The summed E-state index contributed by atoms with van der Waals surface area (Å²) in [7, 11) is 0. The highest BCUT2D eigenvalue weighted by molar-refractivity contribution is 5.59. The fourth-order valence-corrected chi connectivity index (χ4v) is 1.32. The highest BCUT2D eigenvalue weighted by Gasteiger charge is 1.98. The molecule has 0 heterocycles. The lowest BCUT2D eigenvalue weighted by Gasteiger charge is -2.05. The van der Waals surface area contributed by atoms with Crippen molar-refractivity contribution < 1.29 is 0 Å². The lowest BCUT2D eigenvalue weighted by molar-refractivity contribution is 0.603. The van der Waals surface area contributed by atoms with Crippen LogP contribution in [0, 0.1) is 11.8 Å². The van der Waals surface area contributed by atoms with Crippen LogP contribution in [0.25, 0.3) is 0 Å². The van der Waals surface area contributed by atoms with Crippen molar-refractivity contribution in [1.82, 2.24) is 0 Å². The SMILES string of the molecule is CC(C)C=NCCCCC(C)N=CC(C)C. The minimum absolute atomic E-state index is 0.469. The van der Waals surface area contributed by atoms with Crippen molar-refractivity contribution in [3.05, 3.63) is 0 Å². The predicted molar refractivity (Wildman–Crippen MR) is 74.8 cm³/mol. The summed E-state index contributed by atoms with van der Waals surface area (Å²) in [6.45, 7) is 11.8. The summed E-state index contributed by atoms with van der Waals surface area (Å²) in [4.78, 5) is 8.88. The molecule has 0 saturated heterocycles. The zero-order chi connectivity index (χ0) is 12.4. The van der Waals surface area contributed by atoms with Gasteiger partial charge in [-0.05, 0) is 38.0 Å². The third-order valence-electron chi connectivity index (χ3n) is 2.20. The van der Waals surface area contributed by atoms with Gasteiger partial charge in [0.05, 0.1) is 0 Å². The second-order valence-electron chi connectivity index (χ2n) is 5.19. The molecule has 0 aromatic carbocycles. The van der Waals surface area contributed by atoms with Crippen LogP contribution < -0.4 is 0 Å². The molecule has 0 radical (unpaired) electrons. The summed E-state index contributed by atoms with van der Waals surface area (Å²) >= 11 is 0. The summed E-state index contributed by atoms with van der Waals surface area (Å²) in [6.07, 6.45) is 7.69.